The van der Waals surface area contributed by atoms with Gasteiger partial charge in [0.2, 0.25) is 5.91 Å². The number of nitrogens with two attached hydrogens (primary N) is 1. The highest BCUT2D eigenvalue weighted by Gasteiger charge is 1.86. The quantitative estimate of drug-likeness (QED) is 0.303. The van der Waals surface area contributed by atoms with Crippen LogP contribution in [0.4, 0.5) is 0 Å². The maximum Gasteiger partial charge on any atom is 0.245 e. The van der Waals surface area contributed by atoms with Crippen LogP contribution in [-0.2, 0) is 4.79 Å². The molecule has 0 aromatic heterocycles. The molecule has 0 saturated heterocycles. The van der Waals surface area contributed by atoms with Gasteiger partial charge in [0, 0.05) is 6.08 Å². The molecule has 0 aliphatic heterocycles. The summed E-state index contributed by atoms with van der Waals surface area (Å²) in [5.41, 5.74) is 4.65. The minimum Gasteiger partial charge on any atom is -0.508 e. The lowest BCUT2D eigenvalue weighted by atomic mass is 10.4. The minimum atomic E-state index is -0.678. The lowest BCUT2D eigenvalue weighted by Gasteiger charge is -1.83. The maximum atomic E-state index is 9.91. The van der Waals surface area contributed by atoms with Gasteiger partial charge in [-0.05, 0) is 6.08 Å². The summed E-state index contributed by atoms with van der Waals surface area (Å²) in [7, 11) is 0. The highest BCUT2D eigenvalue weighted by atomic mass is 16.3. The van der Waals surface area contributed by atoms with Crippen molar-refractivity contribution in [2.45, 2.75) is 0 Å². The fourth-order valence-electron chi connectivity index (χ4n) is 0.205. The van der Waals surface area contributed by atoms with Crippen molar-refractivity contribution in [3.63, 3.8) is 0 Å². The monoisotopic (exact) mass is 113 g/mol. The average Bonchev–Trinajstić information content (AvgIpc) is 1.65. The molecular weight excluding hydrogens is 106 g/mol. The molecule has 0 rings (SSSR count). The second kappa shape index (κ2) is 2.85. The molecule has 0 aromatic carbocycles. The van der Waals surface area contributed by atoms with Crippen molar-refractivity contribution < 1.29 is 9.90 Å². The second-order valence-electron chi connectivity index (χ2n) is 1.18. The van der Waals surface area contributed by atoms with E-state index in [4.69, 9.17) is 5.11 Å². The predicted octanol–water partition coefficient (Wildman–Crippen LogP) is 0.0996. The fourth-order valence-corrected chi connectivity index (χ4v) is 0.205. The smallest absolute Gasteiger partial charge is 0.245 e. The van der Waals surface area contributed by atoms with Crippen LogP contribution in [0.2, 0.25) is 0 Å². The van der Waals surface area contributed by atoms with Gasteiger partial charge in [-0.25, -0.2) is 0 Å². The Labute approximate surface area is 47.1 Å². The molecule has 0 spiro atoms. The Kier molecular flexibility index (Phi) is 2.40. The Morgan fingerprint density at radius 3 is 2.38 bits per heavy atom. The molecule has 0 unspecified atom stereocenters. The van der Waals surface area contributed by atoms with Crippen molar-refractivity contribution in [1.29, 1.82) is 0 Å². The minimum absolute atomic E-state index is 0.211. The summed E-state index contributed by atoms with van der Waals surface area (Å²) in [4.78, 5) is 9.91. The van der Waals surface area contributed by atoms with Crippen LogP contribution in [0.3, 0.4) is 0 Å². The van der Waals surface area contributed by atoms with Crippen LogP contribution in [0, 0.1) is 0 Å². The third-order valence-corrected chi connectivity index (χ3v) is 0.499. The summed E-state index contributed by atoms with van der Waals surface area (Å²) in [5, 5.41) is 8.47. The molecule has 3 N–H and O–H groups in total. The summed E-state index contributed by atoms with van der Waals surface area (Å²) in [6.07, 6.45) is 2.01. The van der Waals surface area contributed by atoms with E-state index >= 15 is 0 Å². The number of amides is 1. The summed E-state index contributed by atoms with van der Waals surface area (Å²) >= 11 is 0. The van der Waals surface area contributed by atoms with E-state index < -0.39 is 5.91 Å². The molecule has 0 aliphatic rings. The number of rotatable bonds is 2. The van der Waals surface area contributed by atoms with Crippen LogP contribution in [0.1, 0.15) is 0 Å². The third-order valence-electron chi connectivity index (χ3n) is 0.499. The highest BCUT2D eigenvalue weighted by Crippen LogP contribution is 1.84. The Morgan fingerprint density at radius 2 is 2.25 bits per heavy atom. The molecule has 3 heteroatoms. The van der Waals surface area contributed by atoms with Gasteiger partial charge in [0.1, 0.15) is 5.76 Å². The zero-order valence-electron chi connectivity index (χ0n) is 4.29. The van der Waals surface area contributed by atoms with E-state index in [1.54, 1.807) is 0 Å². The second-order valence-corrected chi connectivity index (χ2v) is 1.18. The summed E-state index contributed by atoms with van der Waals surface area (Å²) in [5.74, 6) is -0.889. The van der Waals surface area contributed by atoms with Gasteiger partial charge in [-0.15, -0.1) is 0 Å². The Morgan fingerprint density at radius 1 is 1.75 bits per heavy atom. The number of allylic oxidation sites excluding steroid dienone is 1. The molecule has 0 aliphatic carbocycles. The van der Waals surface area contributed by atoms with E-state index in [0.29, 0.717) is 0 Å². The molecular formula is C5H7NO2. The van der Waals surface area contributed by atoms with Crippen molar-refractivity contribution in [3.05, 3.63) is 24.5 Å². The van der Waals surface area contributed by atoms with Crippen molar-refractivity contribution in [2.24, 2.45) is 5.73 Å². The summed E-state index contributed by atoms with van der Waals surface area (Å²) < 4.78 is 0. The Bertz CT molecular complexity index is 137. The van der Waals surface area contributed by atoms with E-state index in [1.807, 2.05) is 0 Å². The van der Waals surface area contributed by atoms with Crippen LogP contribution >= 0.6 is 0 Å². The van der Waals surface area contributed by atoms with Crippen LogP contribution < -0.4 is 5.73 Å². The molecule has 0 heterocycles. The first kappa shape index (κ1) is 6.75. The van der Waals surface area contributed by atoms with Crippen LogP contribution in [-0.4, -0.2) is 11.0 Å². The standard InChI is InChI=1S/C5H7NO2/c1-2-4(7)3-5(6)8/h2-3,7H,1H2,(H2,6,8)/b4-3-. The summed E-state index contributed by atoms with van der Waals surface area (Å²) in [6.45, 7) is 3.19. The van der Waals surface area contributed by atoms with Crippen molar-refractivity contribution in [2.75, 3.05) is 0 Å². The number of primary amides is 1. The van der Waals surface area contributed by atoms with Gasteiger partial charge in [-0.2, -0.15) is 0 Å². The SMILES string of the molecule is C=C/C(O)=C/C(N)=O. The lowest BCUT2D eigenvalue weighted by molar-refractivity contribution is -0.113. The lowest BCUT2D eigenvalue weighted by Crippen LogP contribution is -2.06. The normalized spacial score (nSPS) is 10.8. The van der Waals surface area contributed by atoms with E-state index in [0.717, 1.165) is 12.2 Å². The van der Waals surface area contributed by atoms with Gasteiger partial charge in [0.15, 0.2) is 0 Å². The molecule has 0 saturated carbocycles. The van der Waals surface area contributed by atoms with Crippen LogP contribution in [0.15, 0.2) is 24.5 Å². The van der Waals surface area contributed by atoms with Gasteiger partial charge in [-0.3, -0.25) is 4.79 Å². The fraction of sp³-hybridized carbons (Fsp3) is 0. The van der Waals surface area contributed by atoms with Gasteiger partial charge in [-0.1, -0.05) is 6.58 Å². The van der Waals surface area contributed by atoms with Crippen molar-refractivity contribution >= 4 is 5.91 Å². The molecule has 0 fully saturated rings. The topological polar surface area (TPSA) is 63.3 Å². The highest BCUT2D eigenvalue weighted by molar-refractivity contribution is 5.86. The molecule has 0 atom stereocenters. The molecule has 8 heavy (non-hydrogen) atoms. The Balaban J connectivity index is 3.94. The molecule has 3 nitrogen and oxygen atoms in total. The number of aliphatic hydroxyl groups is 1. The number of hydrogen-bond acceptors (Lipinski definition) is 2. The number of aliphatic hydroxyl groups excluding tert-OH is 1. The van der Waals surface area contributed by atoms with Crippen LogP contribution in [0.25, 0.3) is 0 Å². The number of carbonyl (C=O) groups is 1. The molecule has 44 valence electrons. The molecule has 0 bridgehead atoms. The van der Waals surface area contributed by atoms with Gasteiger partial charge >= 0.3 is 0 Å². The van der Waals surface area contributed by atoms with E-state index in [-0.39, 0.29) is 5.76 Å². The third kappa shape index (κ3) is 2.96. The van der Waals surface area contributed by atoms with Gasteiger partial charge in [0.05, 0.1) is 0 Å². The van der Waals surface area contributed by atoms with Gasteiger partial charge < -0.3 is 10.8 Å². The van der Waals surface area contributed by atoms with E-state index in [2.05, 4.69) is 12.3 Å². The Hall–Kier alpha value is -1.25. The average molecular weight is 113 g/mol. The number of hydrogen-bond donors (Lipinski definition) is 2. The zero-order valence-corrected chi connectivity index (χ0v) is 4.29. The van der Waals surface area contributed by atoms with E-state index in [1.165, 1.54) is 0 Å². The van der Waals surface area contributed by atoms with Crippen LogP contribution in [0.5, 0.6) is 0 Å². The maximum absolute atomic E-state index is 9.91. The zero-order chi connectivity index (χ0) is 6.57. The number of carbonyl (C=O) groups excluding carboxylic acids is 1. The predicted molar refractivity (Wildman–Crippen MR) is 30.1 cm³/mol. The molecule has 1 amide bonds. The van der Waals surface area contributed by atoms with Crippen molar-refractivity contribution in [1.82, 2.24) is 0 Å². The first-order valence-electron chi connectivity index (χ1n) is 1.99. The molecule has 0 radical (unpaired) electrons. The largest absolute Gasteiger partial charge is 0.508 e. The first-order valence-corrected chi connectivity index (χ1v) is 1.99. The van der Waals surface area contributed by atoms with Gasteiger partial charge in [0.25, 0.3) is 0 Å². The van der Waals surface area contributed by atoms with E-state index in [9.17, 15) is 4.79 Å². The first-order chi connectivity index (χ1) is 3.66. The van der Waals surface area contributed by atoms with Crippen molar-refractivity contribution in [3.8, 4) is 0 Å². The molecule has 0 aromatic rings. The summed E-state index contributed by atoms with van der Waals surface area (Å²) in [6, 6.07) is 0.